The summed E-state index contributed by atoms with van der Waals surface area (Å²) in [5, 5.41) is 0. The number of hydrogen-bond acceptors (Lipinski definition) is 0. The molecule has 11 heavy (non-hydrogen) atoms. The minimum atomic E-state index is -0.818. The van der Waals surface area contributed by atoms with Gasteiger partial charge in [-0.3, -0.25) is 0 Å². The van der Waals surface area contributed by atoms with E-state index in [0.29, 0.717) is 0 Å². The van der Waals surface area contributed by atoms with Crippen molar-refractivity contribution in [3.8, 4) is 0 Å². The van der Waals surface area contributed by atoms with Crippen LogP contribution >= 0.6 is 7.26 Å². The molecular formula is C10H25P. The molecule has 1 unspecified atom stereocenters. The third kappa shape index (κ3) is 4.11. The predicted molar refractivity (Wildman–Crippen MR) is 59.7 cm³/mol. The fourth-order valence-corrected chi connectivity index (χ4v) is 2.93. The summed E-state index contributed by atoms with van der Waals surface area (Å²) in [5.41, 5.74) is 1.02. The van der Waals surface area contributed by atoms with Gasteiger partial charge in [-0.25, -0.2) is 0 Å². The molecule has 0 aromatic rings. The molecule has 1 heteroatoms. The van der Waals surface area contributed by atoms with Crippen LogP contribution in [0.4, 0.5) is 0 Å². The summed E-state index contributed by atoms with van der Waals surface area (Å²) in [6.45, 7) is 12.1. The molecule has 0 aromatic heterocycles. The van der Waals surface area contributed by atoms with Crippen molar-refractivity contribution in [2.24, 2.45) is 0 Å². The number of rotatable bonds is 5. The van der Waals surface area contributed by atoms with E-state index in [1.54, 1.807) is 0 Å². The van der Waals surface area contributed by atoms with Gasteiger partial charge in [-0.15, -0.1) is 0 Å². The second-order valence-electron chi connectivity index (χ2n) is 4.39. The van der Waals surface area contributed by atoms with E-state index in [1.807, 2.05) is 0 Å². The summed E-state index contributed by atoms with van der Waals surface area (Å²) >= 11 is 0. The van der Waals surface area contributed by atoms with Gasteiger partial charge in [0.05, 0.1) is 0 Å². The van der Waals surface area contributed by atoms with Crippen molar-refractivity contribution in [1.82, 2.24) is 0 Å². The summed E-state index contributed by atoms with van der Waals surface area (Å²) in [6.07, 6.45) is 5.69. The average molecular weight is 176 g/mol. The summed E-state index contributed by atoms with van der Waals surface area (Å²) in [6, 6.07) is 0. The quantitative estimate of drug-likeness (QED) is 0.561. The molecule has 70 valence electrons. The van der Waals surface area contributed by atoms with Crippen LogP contribution in [0.5, 0.6) is 0 Å². The van der Waals surface area contributed by atoms with E-state index in [9.17, 15) is 0 Å². The van der Waals surface area contributed by atoms with E-state index >= 15 is 0 Å². The molecule has 0 N–H and O–H groups in total. The second kappa shape index (κ2) is 5.14. The van der Waals surface area contributed by atoms with Crippen molar-refractivity contribution < 1.29 is 0 Å². The first-order chi connectivity index (χ1) is 5.04. The van der Waals surface area contributed by atoms with Crippen LogP contribution in [-0.2, 0) is 0 Å². The Morgan fingerprint density at radius 2 is 1.73 bits per heavy atom. The van der Waals surface area contributed by atoms with E-state index in [-0.39, 0.29) is 0 Å². The van der Waals surface area contributed by atoms with E-state index in [4.69, 9.17) is 0 Å². The first kappa shape index (κ1) is 11.4. The van der Waals surface area contributed by atoms with Gasteiger partial charge in [0.15, 0.2) is 0 Å². The zero-order valence-corrected chi connectivity index (χ0v) is 9.91. The maximum absolute atomic E-state index is 2.52. The zero-order valence-electron chi connectivity index (χ0n) is 8.91. The van der Waals surface area contributed by atoms with Crippen molar-refractivity contribution in [3.63, 3.8) is 0 Å². The SMILES string of the molecule is CCCCC(C)[PH](C)(C)CC. The Kier molecular flexibility index (Phi) is 5.34. The molecule has 0 heterocycles. The normalized spacial score (nSPS) is 16.5. The van der Waals surface area contributed by atoms with Gasteiger partial charge < -0.3 is 0 Å². The van der Waals surface area contributed by atoms with E-state index in [1.165, 1.54) is 25.4 Å². The monoisotopic (exact) mass is 176 g/mol. The Morgan fingerprint density at radius 3 is 2.09 bits per heavy atom. The van der Waals surface area contributed by atoms with Gasteiger partial charge in [0.2, 0.25) is 0 Å². The molecule has 1 atom stereocenters. The van der Waals surface area contributed by atoms with Gasteiger partial charge in [-0.1, -0.05) is 0 Å². The van der Waals surface area contributed by atoms with Crippen molar-refractivity contribution in [1.29, 1.82) is 0 Å². The summed E-state index contributed by atoms with van der Waals surface area (Å²) in [4.78, 5) is 0. The van der Waals surface area contributed by atoms with Gasteiger partial charge in [-0.05, 0) is 0 Å². The molecule has 0 aliphatic rings. The predicted octanol–water partition coefficient (Wildman–Crippen LogP) is 3.59. The Morgan fingerprint density at radius 1 is 1.18 bits per heavy atom. The van der Waals surface area contributed by atoms with Crippen LogP contribution in [0, 0.1) is 0 Å². The summed E-state index contributed by atoms with van der Waals surface area (Å²) in [7, 11) is -0.818. The Hall–Kier alpha value is 0.430. The van der Waals surface area contributed by atoms with Crippen molar-refractivity contribution >= 4 is 7.26 Å². The third-order valence-electron chi connectivity index (χ3n) is 3.24. The molecule has 0 saturated heterocycles. The molecule has 0 nitrogen and oxygen atoms in total. The first-order valence-electron chi connectivity index (χ1n) is 5.04. The van der Waals surface area contributed by atoms with Crippen LogP contribution in [0.3, 0.4) is 0 Å². The van der Waals surface area contributed by atoms with Gasteiger partial charge in [0.1, 0.15) is 0 Å². The fourth-order valence-electron chi connectivity index (χ4n) is 1.25. The van der Waals surface area contributed by atoms with Gasteiger partial charge >= 0.3 is 72.4 Å². The van der Waals surface area contributed by atoms with Crippen LogP contribution in [0.25, 0.3) is 0 Å². The van der Waals surface area contributed by atoms with Crippen molar-refractivity contribution in [3.05, 3.63) is 0 Å². The standard InChI is InChI=1S/C10H25P/c1-6-8-9-10(3)11(4,5)7-2/h10-11H,6-9H2,1-5H3. The van der Waals surface area contributed by atoms with E-state index < -0.39 is 7.26 Å². The molecule has 0 rings (SSSR count). The molecule has 0 radical (unpaired) electrons. The Bertz CT molecular complexity index is 97.0. The maximum atomic E-state index is 2.52. The molecule has 0 saturated carbocycles. The molecule has 0 fully saturated rings. The minimum absolute atomic E-state index is 0.818. The molecule has 0 aliphatic heterocycles. The Balaban J connectivity index is 3.71. The van der Waals surface area contributed by atoms with Gasteiger partial charge in [0, 0.05) is 0 Å². The van der Waals surface area contributed by atoms with Gasteiger partial charge in [0.25, 0.3) is 0 Å². The fraction of sp³-hybridized carbons (Fsp3) is 1.00. The number of hydrogen-bond donors (Lipinski definition) is 0. The van der Waals surface area contributed by atoms with Crippen LogP contribution in [0.15, 0.2) is 0 Å². The molecule has 0 amide bonds. The summed E-state index contributed by atoms with van der Waals surface area (Å²) < 4.78 is 0. The molecule has 0 aromatic carbocycles. The Labute approximate surface area is 73.1 Å². The van der Waals surface area contributed by atoms with Crippen LogP contribution in [0.2, 0.25) is 0 Å². The molecule has 0 aliphatic carbocycles. The van der Waals surface area contributed by atoms with Gasteiger partial charge in [-0.2, -0.15) is 0 Å². The number of unbranched alkanes of at least 4 members (excludes halogenated alkanes) is 1. The second-order valence-corrected chi connectivity index (χ2v) is 10.1. The van der Waals surface area contributed by atoms with Crippen LogP contribution in [0.1, 0.15) is 40.0 Å². The van der Waals surface area contributed by atoms with E-state index in [0.717, 1.165) is 5.66 Å². The van der Waals surface area contributed by atoms with Crippen LogP contribution < -0.4 is 0 Å². The average Bonchev–Trinajstić information content (AvgIpc) is 2.00. The first-order valence-corrected chi connectivity index (χ1v) is 8.33. The topological polar surface area (TPSA) is 0 Å². The molecule has 0 bridgehead atoms. The van der Waals surface area contributed by atoms with Crippen molar-refractivity contribution in [2.45, 2.75) is 45.7 Å². The van der Waals surface area contributed by atoms with Crippen molar-refractivity contribution in [2.75, 3.05) is 19.5 Å². The summed E-state index contributed by atoms with van der Waals surface area (Å²) in [5.74, 6) is 0. The third-order valence-corrected chi connectivity index (χ3v) is 8.02. The molecule has 0 spiro atoms. The molecular weight excluding hydrogens is 151 g/mol. The zero-order chi connectivity index (χ0) is 8.91. The van der Waals surface area contributed by atoms with E-state index in [2.05, 4.69) is 34.1 Å². The van der Waals surface area contributed by atoms with Crippen LogP contribution in [-0.4, -0.2) is 25.2 Å².